The number of benzene rings is 1. The Balaban J connectivity index is 3.09. The third-order valence-corrected chi connectivity index (χ3v) is 4.07. The van der Waals surface area contributed by atoms with Crippen molar-refractivity contribution in [3.8, 4) is 0 Å². The molecule has 0 heterocycles. The quantitative estimate of drug-likeness (QED) is 0.776. The number of rotatable bonds is 3. The van der Waals surface area contributed by atoms with Gasteiger partial charge in [-0.1, -0.05) is 51.1 Å². The van der Waals surface area contributed by atoms with E-state index in [1.807, 2.05) is 39.0 Å². The first-order valence-electron chi connectivity index (χ1n) is 5.18. The molecule has 1 aromatic rings. The molecule has 0 radical (unpaired) electrons. The summed E-state index contributed by atoms with van der Waals surface area (Å²) >= 11 is 0. The van der Waals surface area contributed by atoms with Crippen LogP contribution in [0.3, 0.4) is 0 Å². The van der Waals surface area contributed by atoms with Crippen LogP contribution in [0, 0.1) is 5.41 Å². The highest BCUT2D eigenvalue weighted by Crippen LogP contribution is 2.36. The van der Waals surface area contributed by atoms with Crippen LogP contribution in [0.15, 0.2) is 30.3 Å². The van der Waals surface area contributed by atoms with Crippen LogP contribution in [0.4, 0.5) is 0 Å². The molecule has 0 fully saturated rings. The van der Waals surface area contributed by atoms with Gasteiger partial charge in [-0.2, -0.15) is 0 Å². The van der Waals surface area contributed by atoms with Gasteiger partial charge in [0, 0.05) is 10.7 Å². The van der Waals surface area contributed by atoms with E-state index in [1.54, 1.807) is 12.1 Å². The molecule has 1 unspecified atom stereocenters. The molecule has 0 N–H and O–H groups in total. The predicted octanol–water partition coefficient (Wildman–Crippen LogP) is 3.73. The van der Waals surface area contributed by atoms with Crippen molar-refractivity contribution >= 4 is 19.7 Å². The van der Waals surface area contributed by atoms with E-state index in [9.17, 15) is 8.42 Å². The van der Waals surface area contributed by atoms with Crippen molar-refractivity contribution in [3.63, 3.8) is 0 Å². The first-order chi connectivity index (χ1) is 7.20. The molecule has 0 aliphatic rings. The summed E-state index contributed by atoms with van der Waals surface area (Å²) in [7, 11) is 1.93. The van der Waals surface area contributed by atoms with Crippen LogP contribution in [-0.4, -0.2) is 8.42 Å². The Morgan fingerprint density at radius 2 is 1.69 bits per heavy atom. The van der Waals surface area contributed by atoms with Gasteiger partial charge in [0.1, 0.15) is 5.25 Å². The van der Waals surface area contributed by atoms with E-state index in [0.717, 1.165) is 5.56 Å². The lowest BCUT2D eigenvalue weighted by Crippen LogP contribution is -2.16. The van der Waals surface area contributed by atoms with E-state index in [4.69, 9.17) is 10.7 Å². The van der Waals surface area contributed by atoms with Gasteiger partial charge in [0.25, 0.3) is 0 Å². The third-order valence-electron chi connectivity index (χ3n) is 2.31. The Morgan fingerprint density at radius 3 is 2.06 bits per heavy atom. The maximum Gasteiger partial charge on any atom is 0.239 e. The standard InChI is InChI=1S/C12H17ClO2S/c1-12(2,3)9-11(16(13,14)15)10-7-5-4-6-8-10/h4-8,11H,9H2,1-3H3. The molecule has 16 heavy (non-hydrogen) atoms. The Morgan fingerprint density at radius 1 is 1.19 bits per heavy atom. The van der Waals surface area contributed by atoms with Crippen LogP contribution in [0.25, 0.3) is 0 Å². The highest BCUT2D eigenvalue weighted by atomic mass is 35.7. The minimum Gasteiger partial charge on any atom is -0.212 e. The third kappa shape index (κ3) is 4.14. The zero-order chi connectivity index (χ0) is 12.4. The fraction of sp³-hybridized carbons (Fsp3) is 0.500. The van der Waals surface area contributed by atoms with Gasteiger partial charge in [0.05, 0.1) is 0 Å². The van der Waals surface area contributed by atoms with Gasteiger partial charge >= 0.3 is 0 Å². The zero-order valence-electron chi connectivity index (χ0n) is 9.77. The Hall–Kier alpha value is -0.540. The van der Waals surface area contributed by atoms with Crippen molar-refractivity contribution in [2.24, 2.45) is 5.41 Å². The molecule has 0 saturated carbocycles. The van der Waals surface area contributed by atoms with Crippen molar-refractivity contribution in [2.75, 3.05) is 0 Å². The summed E-state index contributed by atoms with van der Waals surface area (Å²) in [5.41, 5.74) is 0.676. The smallest absolute Gasteiger partial charge is 0.212 e. The Kier molecular flexibility index (Phi) is 4.02. The lowest BCUT2D eigenvalue weighted by molar-refractivity contribution is 0.369. The largest absolute Gasteiger partial charge is 0.239 e. The molecule has 0 aliphatic carbocycles. The van der Waals surface area contributed by atoms with Crippen LogP contribution in [-0.2, 0) is 9.05 Å². The molecule has 0 amide bonds. The van der Waals surface area contributed by atoms with Crippen molar-refractivity contribution in [2.45, 2.75) is 32.4 Å². The molecule has 0 saturated heterocycles. The summed E-state index contributed by atoms with van der Waals surface area (Å²) in [5.74, 6) is 0. The van der Waals surface area contributed by atoms with E-state index in [2.05, 4.69) is 0 Å². The van der Waals surface area contributed by atoms with Crippen molar-refractivity contribution in [1.29, 1.82) is 0 Å². The maximum absolute atomic E-state index is 11.6. The first-order valence-corrected chi connectivity index (χ1v) is 7.56. The Bertz CT molecular complexity index is 432. The second-order valence-electron chi connectivity index (χ2n) is 5.14. The summed E-state index contributed by atoms with van der Waals surface area (Å²) in [6.45, 7) is 6.01. The Labute approximate surface area is 102 Å². The van der Waals surface area contributed by atoms with Crippen molar-refractivity contribution < 1.29 is 8.42 Å². The molecule has 1 rings (SSSR count). The van der Waals surface area contributed by atoms with E-state index in [1.165, 1.54) is 0 Å². The summed E-state index contributed by atoms with van der Waals surface area (Å²) in [4.78, 5) is 0. The van der Waals surface area contributed by atoms with Crippen molar-refractivity contribution in [3.05, 3.63) is 35.9 Å². The van der Waals surface area contributed by atoms with Gasteiger partial charge in [-0.3, -0.25) is 0 Å². The fourth-order valence-electron chi connectivity index (χ4n) is 1.60. The van der Waals surface area contributed by atoms with Crippen LogP contribution >= 0.6 is 10.7 Å². The van der Waals surface area contributed by atoms with Crippen LogP contribution in [0.2, 0.25) is 0 Å². The highest BCUT2D eigenvalue weighted by molar-refractivity contribution is 8.13. The fourth-order valence-corrected chi connectivity index (χ4v) is 3.28. The molecule has 0 spiro atoms. The molecule has 1 atom stereocenters. The molecular formula is C12H17ClO2S. The van der Waals surface area contributed by atoms with Crippen LogP contribution in [0.5, 0.6) is 0 Å². The van der Waals surface area contributed by atoms with E-state index in [0.29, 0.717) is 6.42 Å². The second kappa shape index (κ2) is 4.76. The van der Waals surface area contributed by atoms with E-state index in [-0.39, 0.29) is 5.41 Å². The average molecular weight is 261 g/mol. The lowest BCUT2D eigenvalue weighted by Gasteiger charge is -2.24. The number of halogens is 1. The average Bonchev–Trinajstić information content (AvgIpc) is 2.13. The van der Waals surface area contributed by atoms with E-state index < -0.39 is 14.3 Å². The zero-order valence-corrected chi connectivity index (χ0v) is 11.3. The van der Waals surface area contributed by atoms with E-state index >= 15 is 0 Å². The molecule has 0 aliphatic heterocycles. The molecule has 0 aromatic heterocycles. The summed E-state index contributed by atoms with van der Waals surface area (Å²) < 4.78 is 23.2. The molecular weight excluding hydrogens is 244 g/mol. The monoisotopic (exact) mass is 260 g/mol. The van der Waals surface area contributed by atoms with Crippen LogP contribution < -0.4 is 0 Å². The van der Waals surface area contributed by atoms with Gasteiger partial charge in [-0.25, -0.2) is 8.42 Å². The summed E-state index contributed by atoms with van der Waals surface area (Å²) in [6.07, 6.45) is 0.517. The van der Waals surface area contributed by atoms with Crippen LogP contribution in [0.1, 0.15) is 38.0 Å². The summed E-state index contributed by atoms with van der Waals surface area (Å²) in [5, 5.41) is -0.629. The van der Waals surface area contributed by atoms with Crippen molar-refractivity contribution in [1.82, 2.24) is 0 Å². The summed E-state index contributed by atoms with van der Waals surface area (Å²) in [6, 6.07) is 9.12. The second-order valence-corrected chi connectivity index (χ2v) is 7.95. The number of hydrogen-bond donors (Lipinski definition) is 0. The van der Waals surface area contributed by atoms with Gasteiger partial charge in [-0.05, 0) is 17.4 Å². The molecule has 1 aromatic carbocycles. The van der Waals surface area contributed by atoms with Gasteiger partial charge in [0.15, 0.2) is 0 Å². The molecule has 0 bridgehead atoms. The molecule has 90 valence electrons. The normalized spacial score (nSPS) is 14.8. The highest BCUT2D eigenvalue weighted by Gasteiger charge is 2.29. The first kappa shape index (κ1) is 13.5. The minimum absolute atomic E-state index is 0.0809. The lowest BCUT2D eigenvalue weighted by atomic mass is 9.88. The minimum atomic E-state index is -3.58. The van der Waals surface area contributed by atoms with Gasteiger partial charge in [-0.15, -0.1) is 0 Å². The van der Waals surface area contributed by atoms with Gasteiger partial charge in [0.2, 0.25) is 9.05 Å². The predicted molar refractivity (Wildman–Crippen MR) is 68.0 cm³/mol. The molecule has 2 nitrogen and oxygen atoms in total. The topological polar surface area (TPSA) is 34.1 Å². The number of hydrogen-bond acceptors (Lipinski definition) is 2. The maximum atomic E-state index is 11.6. The molecule has 4 heteroatoms. The SMILES string of the molecule is CC(C)(C)CC(c1ccccc1)S(=O)(=O)Cl. The van der Waals surface area contributed by atoms with Gasteiger partial charge < -0.3 is 0 Å².